The highest BCUT2D eigenvalue weighted by atomic mass is 32.2. The SMILES string of the molecule is COc1cccc(N(CC(=O)NC(C)c2cc(C(C)C)c(OC)cc2C)S(=O)(=O)c2ccc(C)cc2)c1. The molecule has 0 saturated carbocycles. The summed E-state index contributed by atoms with van der Waals surface area (Å²) in [6.07, 6.45) is 0. The number of carbonyl (C=O) groups excluding carboxylic acids is 1. The molecule has 198 valence electrons. The number of aryl methyl sites for hydroxylation is 2. The van der Waals surface area contributed by atoms with Crippen LogP contribution in [0.25, 0.3) is 0 Å². The lowest BCUT2D eigenvalue weighted by molar-refractivity contribution is -0.120. The van der Waals surface area contributed by atoms with Crippen LogP contribution in [0.2, 0.25) is 0 Å². The molecular weight excluding hydrogens is 488 g/mol. The van der Waals surface area contributed by atoms with Gasteiger partial charge in [0.1, 0.15) is 18.0 Å². The number of methoxy groups -OCH3 is 2. The largest absolute Gasteiger partial charge is 0.497 e. The van der Waals surface area contributed by atoms with Crippen LogP contribution in [0.15, 0.2) is 65.6 Å². The lowest BCUT2D eigenvalue weighted by atomic mass is 9.93. The minimum Gasteiger partial charge on any atom is -0.497 e. The third kappa shape index (κ3) is 6.43. The van der Waals surface area contributed by atoms with Crippen molar-refractivity contribution in [2.24, 2.45) is 0 Å². The number of benzene rings is 3. The first kappa shape index (κ1) is 28.1. The van der Waals surface area contributed by atoms with Crippen LogP contribution < -0.4 is 19.1 Å². The predicted molar refractivity (Wildman–Crippen MR) is 147 cm³/mol. The summed E-state index contributed by atoms with van der Waals surface area (Å²) < 4.78 is 39.3. The molecule has 1 atom stereocenters. The van der Waals surface area contributed by atoms with E-state index in [0.717, 1.165) is 32.3 Å². The Morgan fingerprint density at radius 1 is 0.919 bits per heavy atom. The molecule has 0 bridgehead atoms. The van der Waals surface area contributed by atoms with Crippen LogP contribution in [0.1, 0.15) is 55.0 Å². The zero-order valence-corrected chi connectivity index (χ0v) is 23.3. The average molecular weight is 525 g/mol. The Balaban J connectivity index is 1.93. The maximum atomic E-state index is 13.7. The molecule has 0 saturated heterocycles. The molecule has 1 amide bonds. The van der Waals surface area contributed by atoms with E-state index >= 15 is 0 Å². The Kier molecular flexibility index (Phi) is 8.86. The third-order valence-electron chi connectivity index (χ3n) is 6.32. The van der Waals surface area contributed by atoms with E-state index in [0.29, 0.717) is 11.4 Å². The molecule has 3 aromatic carbocycles. The summed E-state index contributed by atoms with van der Waals surface area (Å²) in [6, 6.07) is 16.9. The van der Waals surface area contributed by atoms with Crippen LogP contribution in [0.3, 0.4) is 0 Å². The van der Waals surface area contributed by atoms with Gasteiger partial charge in [0.15, 0.2) is 0 Å². The van der Waals surface area contributed by atoms with E-state index in [1.54, 1.807) is 55.6 Å². The summed E-state index contributed by atoms with van der Waals surface area (Å²) in [5.41, 5.74) is 4.25. The van der Waals surface area contributed by atoms with Crippen molar-refractivity contribution >= 4 is 21.6 Å². The number of ether oxygens (including phenoxy) is 2. The molecule has 3 aromatic rings. The van der Waals surface area contributed by atoms with Crippen LogP contribution in [0.5, 0.6) is 11.5 Å². The monoisotopic (exact) mass is 524 g/mol. The van der Waals surface area contributed by atoms with Crippen LogP contribution in [0, 0.1) is 13.8 Å². The maximum Gasteiger partial charge on any atom is 0.264 e. The summed E-state index contributed by atoms with van der Waals surface area (Å²) in [5, 5.41) is 2.99. The number of carbonyl (C=O) groups is 1. The van der Waals surface area contributed by atoms with E-state index in [2.05, 4.69) is 19.2 Å². The molecule has 0 fully saturated rings. The Morgan fingerprint density at radius 2 is 1.59 bits per heavy atom. The Hall–Kier alpha value is -3.52. The van der Waals surface area contributed by atoms with E-state index in [4.69, 9.17) is 9.47 Å². The summed E-state index contributed by atoms with van der Waals surface area (Å²) in [5.74, 6) is 1.11. The van der Waals surface area contributed by atoms with Gasteiger partial charge >= 0.3 is 0 Å². The van der Waals surface area contributed by atoms with Gasteiger partial charge in [-0.3, -0.25) is 9.10 Å². The maximum absolute atomic E-state index is 13.7. The number of hydrogen-bond donors (Lipinski definition) is 1. The molecule has 0 radical (unpaired) electrons. The minimum atomic E-state index is -4.03. The van der Waals surface area contributed by atoms with Gasteiger partial charge in [-0.05, 0) is 79.8 Å². The molecule has 0 aromatic heterocycles. The van der Waals surface area contributed by atoms with Crippen molar-refractivity contribution in [1.29, 1.82) is 0 Å². The number of amides is 1. The van der Waals surface area contributed by atoms with Crippen molar-refractivity contribution in [3.63, 3.8) is 0 Å². The summed E-state index contributed by atoms with van der Waals surface area (Å²) in [4.78, 5) is 13.4. The number of sulfonamides is 1. The molecule has 1 unspecified atom stereocenters. The number of anilines is 1. The first-order valence-electron chi connectivity index (χ1n) is 12.2. The highest BCUT2D eigenvalue weighted by Crippen LogP contribution is 2.32. The van der Waals surface area contributed by atoms with Gasteiger partial charge < -0.3 is 14.8 Å². The van der Waals surface area contributed by atoms with Crippen LogP contribution in [-0.4, -0.2) is 35.1 Å². The fourth-order valence-corrected chi connectivity index (χ4v) is 5.64. The summed E-state index contributed by atoms with van der Waals surface area (Å²) >= 11 is 0. The zero-order chi connectivity index (χ0) is 27.3. The van der Waals surface area contributed by atoms with E-state index < -0.39 is 15.9 Å². The molecule has 0 aliphatic rings. The van der Waals surface area contributed by atoms with Crippen LogP contribution in [-0.2, 0) is 14.8 Å². The second kappa shape index (κ2) is 11.7. The molecular formula is C29H36N2O5S. The van der Waals surface area contributed by atoms with Crippen LogP contribution in [0.4, 0.5) is 5.69 Å². The highest BCUT2D eigenvalue weighted by molar-refractivity contribution is 7.92. The first-order chi connectivity index (χ1) is 17.5. The first-order valence-corrected chi connectivity index (χ1v) is 13.6. The van der Waals surface area contributed by atoms with Crippen molar-refractivity contribution in [3.8, 4) is 11.5 Å². The second-order valence-electron chi connectivity index (χ2n) is 9.42. The Morgan fingerprint density at radius 3 is 2.19 bits per heavy atom. The van der Waals surface area contributed by atoms with Crippen molar-refractivity contribution in [2.45, 2.75) is 51.5 Å². The number of nitrogens with zero attached hydrogens (tertiary/aromatic N) is 1. The average Bonchev–Trinajstić information content (AvgIpc) is 2.86. The lowest BCUT2D eigenvalue weighted by Gasteiger charge is -2.26. The van der Waals surface area contributed by atoms with Crippen LogP contribution >= 0.6 is 0 Å². The van der Waals surface area contributed by atoms with Gasteiger partial charge in [-0.15, -0.1) is 0 Å². The molecule has 3 rings (SSSR count). The summed E-state index contributed by atoms with van der Waals surface area (Å²) in [6.45, 7) is 9.53. The topological polar surface area (TPSA) is 84.9 Å². The second-order valence-corrected chi connectivity index (χ2v) is 11.3. The van der Waals surface area contributed by atoms with Gasteiger partial charge in [-0.1, -0.05) is 37.6 Å². The van der Waals surface area contributed by atoms with Crippen molar-refractivity contribution in [3.05, 3.63) is 82.9 Å². The minimum absolute atomic E-state index is 0.106. The predicted octanol–water partition coefficient (Wildman–Crippen LogP) is 5.52. The van der Waals surface area contributed by atoms with Gasteiger partial charge in [-0.25, -0.2) is 8.42 Å². The molecule has 0 aliphatic heterocycles. The van der Waals surface area contributed by atoms with Crippen molar-refractivity contribution in [1.82, 2.24) is 5.32 Å². The number of rotatable bonds is 10. The molecule has 0 aliphatic carbocycles. The fourth-order valence-electron chi connectivity index (χ4n) is 4.22. The zero-order valence-electron chi connectivity index (χ0n) is 22.5. The van der Waals surface area contributed by atoms with Gasteiger partial charge in [0.25, 0.3) is 10.0 Å². The fraction of sp³-hybridized carbons (Fsp3) is 0.345. The third-order valence-corrected chi connectivity index (χ3v) is 8.11. The van der Waals surface area contributed by atoms with Gasteiger partial charge in [0, 0.05) is 6.07 Å². The molecule has 1 N–H and O–H groups in total. The van der Waals surface area contributed by atoms with E-state index in [1.807, 2.05) is 32.9 Å². The normalized spacial score (nSPS) is 12.2. The van der Waals surface area contributed by atoms with Crippen molar-refractivity contribution < 1.29 is 22.7 Å². The lowest BCUT2D eigenvalue weighted by Crippen LogP contribution is -2.41. The van der Waals surface area contributed by atoms with Gasteiger partial charge in [0.2, 0.25) is 5.91 Å². The van der Waals surface area contributed by atoms with E-state index in [1.165, 1.54) is 7.11 Å². The van der Waals surface area contributed by atoms with E-state index in [-0.39, 0.29) is 23.4 Å². The van der Waals surface area contributed by atoms with Crippen molar-refractivity contribution in [2.75, 3.05) is 25.1 Å². The molecule has 7 nitrogen and oxygen atoms in total. The molecule has 8 heteroatoms. The molecule has 37 heavy (non-hydrogen) atoms. The van der Waals surface area contributed by atoms with E-state index in [9.17, 15) is 13.2 Å². The molecule has 0 heterocycles. The number of hydrogen-bond acceptors (Lipinski definition) is 5. The quantitative estimate of drug-likeness (QED) is 0.378. The highest BCUT2D eigenvalue weighted by Gasteiger charge is 2.28. The standard InChI is InChI=1S/C29H36N2O5S/c1-19(2)26-17-27(21(4)15-28(26)36-7)22(5)30-29(32)18-31(23-9-8-10-24(16-23)35-6)37(33,34)25-13-11-20(3)12-14-25/h8-17,19,22H,18H2,1-7H3,(H,30,32). The molecule has 0 spiro atoms. The summed E-state index contributed by atoms with van der Waals surface area (Å²) in [7, 11) is -0.871. The van der Waals surface area contributed by atoms with Gasteiger partial charge in [0.05, 0.1) is 30.8 Å². The Labute approximate surface area is 220 Å². The Bertz CT molecular complexity index is 1350. The number of nitrogens with one attached hydrogen (secondary N) is 1. The van der Waals surface area contributed by atoms with Gasteiger partial charge in [-0.2, -0.15) is 0 Å². The smallest absolute Gasteiger partial charge is 0.264 e.